The number of ether oxygens (including phenoxy) is 3. The lowest BCUT2D eigenvalue weighted by molar-refractivity contribution is 0.231. The van der Waals surface area contributed by atoms with E-state index >= 15 is 0 Å². The van der Waals surface area contributed by atoms with Crippen LogP contribution in [0.2, 0.25) is 0 Å². The van der Waals surface area contributed by atoms with Crippen LogP contribution in [0, 0.1) is 11.3 Å². The van der Waals surface area contributed by atoms with Crippen molar-refractivity contribution in [3.05, 3.63) is 63.0 Å². The van der Waals surface area contributed by atoms with Gasteiger partial charge in [0.15, 0.2) is 5.76 Å². The van der Waals surface area contributed by atoms with E-state index in [-0.39, 0.29) is 28.7 Å². The molecule has 0 fully saturated rings. The zero-order valence-corrected chi connectivity index (χ0v) is 14.1. The smallest absolute Gasteiger partial charge is 0.228 e. The molecule has 1 atom stereocenters. The van der Waals surface area contributed by atoms with Crippen LogP contribution in [-0.4, -0.2) is 19.3 Å². The second-order valence-electron chi connectivity index (χ2n) is 5.46. The summed E-state index contributed by atoms with van der Waals surface area (Å²) in [4.78, 5) is 12.3. The van der Waals surface area contributed by atoms with E-state index in [4.69, 9.17) is 24.4 Å². The van der Waals surface area contributed by atoms with Crippen LogP contribution in [0.15, 0.2) is 44.9 Å². The third kappa shape index (κ3) is 2.74. The first-order valence-corrected chi connectivity index (χ1v) is 7.61. The standard InChI is InChI=1S/C18H16N2O6/c1-23-9-3-4-11(14(6-9)24-2)15-12(7-19)18(20)26-16-13(22)5-10(8-21)25-17(15)16/h3-6,15,21H,8,20H2,1-2H3/t15-/m0/s1. The first-order valence-electron chi connectivity index (χ1n) is 7.61. The third-order valence-electron chi connectivity index (χ3n) is 4.04. The maximum absolute atomic E-state index is 12.3. The number of hydrogen-bond donors (Lipinski definition) is 2. The topological polar surface area (TPSA) is 128 Å². The first-order chi connectivity index (χ1) is 12.5. The van der Waals surface area contributed by atoms with Crippen molar-refractivity contribution in [2.45, 2.75) is 12.5 Å². The minimum Gasteiger partial charge on any atom is -0.497 e. The number of methoxy groups -OCH3 is 2. The van der Waals surface area contributed by atoms with Gasteiger partial charge in [0.2, 0.25) is 17.1 Å². The van der Waals surface area contributed by atoms with Crippen LogP contribution in [0.5, 0.6) is 17.2 Å². The zero-order chi connectivity index (χ0) is 18.8. The van der Waals surface area contributed by atoms with Crippen molar-refractivity contribution in [2.24, 2.45) is 5.73 Å². The molecule has 3 N–H and O–H groups in total. The lowest BCUT2D eigenvalue weighted by Gasteiger charge is -2.26. The van der Waals surface area contributed by atoms with Gasteiger partial charge in [-0.3, -0.25) is 4.79 Å². The monoisotopic (exact) mass is 356 g/mol. The van der Waals surface area contributed by atoms with Gasteiger partial charge in [-0.25, -0.2) is 0 Å². The Morgan fingerprint density at radius 2 is 2.08 bits per heavy atom. The normalized spacial score (nSPS) is 15.7. The van der Waals surface area contributed by atoms with Crippen molar-refractivity contribution in [1.29, 1.82) is 5.26 Å². The lowest BCUT2D eigenvalue weighted by atomic mass is 9.86. The number of fused-ring (bicyclic) bond motifs is 1. The molecule has 0 saturated heterocycles. The van der Waals surface area contributed by atoms with Crippen molar-refractivity contribution in [3.8, 4) is 23.3 Å². The Hall–Kier alpha value is -3.44. The van der Waals surface area contributed by atoms with E-state index in [2.05, 4.69) is 0 Å². The van der Waals surface area contributed by atoms with Gasteiger partial charge in [0, 0.05) is 17.7 Å². The number of benzene rings is 1. The van der Waals surface area contributed by atoms with Crippen molar-refractivity contribution < 1.29 is 23.7 Å². The Kier molecular flexibility index (Phi) is 4.56. The van der Waals surface area contributed by atoms with Gasteiger partial charge in [0.25, 0.3) is 0 Å². The van der Waals surface area contributed by atoms with Gasteiger partial charge < -0.3 is 29.5 Å². The van der Waals surface area contributed by atoms with Gasteiger partial charge in [-0.15, -0.1) is 0 Å². The Morgan fingerprint density at radius 1 is 1.31 bits per heavy atom. The zero-order valence-electron chi connectivity index (χ0n) is 14.1. The predicted octanol–water partition coefficient (Wildman–Crippen LogP) is 1.37. The molecule has 0 unspecified atom stereocenters. The molecule has 8 heteroatoms. The highest BCUT2D eigenvalue weighted by molar-refractivity contribution is 5.56. The SMILES string of the molecule is COc1ccc([C@H]2C(C#N)=C(N)Oc3c2oc(CO)cc3=O)c(OC)c1. The largest absolute Gasteiger partial charge is 0.497 e. The van der Waals surface area contributed by atoms with Crippen molar-refractivity contribution in [1.82, 2.24) is 0 Å². The van der Waals surface area contributed by atoms with Gasteiger partial charge in [0.1, 0.15) is 35.5 Å². The molecule has 2 heterocycles. The van der Waals surface area contributed by atoms with Gasteiger partial charge in [-0.05, 0) is 6.07 Å². The van der Waals surface area contributed by atoms with E-state index < -0.39 is 18.0 Å². The number of aliphatic hydroxyl groups excluding tert-OH is 1. The molecule has 26 heavy (non-hydrogen) atoms. The second-order valence-corrected chi connectivity index (χ2v) is 5.46. The fraction of sp³-hybridized carbons (Fsp3) is 0.222. The number of nitriles is 1. The summed E-state index contributed by atoms with van der Waals surface area (Å²) in [6, 6.07) is 8.13. The molecular formula is C18H16N2O6. The van der Waals surface area contributed by atoms with Crippen LogP contribution in [0.25, 0.3) is 0 Å². The minimum absolute atomic E-state index is 0.0487. The van der Waals surface area contributed by atoms with Crippen molar-refractivity contribution >= 4 is 0 Å². The number of nitrogens with zero attached hydrogens (tertiary/aromatic N) is 1. The van der Waals surface area contributed by atoms with E-state index in [1.165, 1.54) is 14.2 Å². The highest BCUT2D eigenvalue weighted by Gasteiger charge is 2.36. The Morgan fingerprint density at radius 3 is 2.69 bits per heavy atom. The average Bonchev–Trinajstić information content (AvgIpc) is 2.66. The number of aliphatic hydroxyl groups is 1. The highest BCUT2D eigenvalue weighted by atomic mass is 16.5. The number of rotatable bonds is 4. The minimum atomic E-state index is -0.830. The van der Waals surface area contributed by atoms with Crippen LogP contribution < -0.4 is 25.4 Å². The molecule has 1 aromatic carbocycles. The highest BCUT2D eigenvalue weighted by Crippen LogP contribution is 2.44. The predicted molar refractivity (Wildman–Crippen MR) is 89.7 cm³/mol. The maximum Gasteiger partial charge on any atom is 0.228 e. The Bertz CT molecular complexity index is 986. The quantitative estimate of drug-likeness (QED) is 0.840. The summed E-state index contributed by atoms with van der Waals surface area (Å²) in [5.41, 5.74) is 5.96. The molecular weight excluding hydrogens is 340 g/mol. The van der Waals surface area contributed by atoms with E-state index in [1.807, 2.05) is 6.07 Å². The van der Waals surface area contributed by atoms with Crippen molar-refractivity contribution in [2.75, 3.05) is 14.2 Å². The molecule has 0 radical (unpaired) electrons. The molecule has 0 aliphatic carbocycles. The second kappa shape index (κ2) is 6.82. The molecule has 0 saturated carbocycles. The lowest BCUT2D eigenvalue weighted by Crippen LogP contribution is -2.25. The Balaban J connectivity index is 2.31. The van der Waals surface area contributed by atoms with Crippen LogP contribution in [0.1, 0.15) is 23.0 Å². The van der Waals surface area contributed by atoms with E-state index in [0.29, 0.717) is 17.1 Å². The maximum atomic E-state index is 12.3. The average molecular weight is 356 g/mol. The summed E-state index contributed by atoms with van der Waals surface area (Å²) >= 11 is 0. The molecule has 3 rings (SSSR count). The molecule has 0 spiro atoms. The summed E-state index contributed by atoms with van der Waals surface area (Å²) in [6.07, 6.45) is 0. The molecule has 0 amide bonds. The Labute approximate surface area is 148 Å². The van der Waals surface area contributed by atoms with E-state index in [9.17, 15) is 15.2 Å². The number of nitrogens with two attached hydrogens (primary N) is 1. The van der Waals surface area contributed by atoms with Gasteiger partial charge in [-0.1, -0.05) is 6.07 Å². The van der Waals surface area contributed by atoms with E-state index in [1.54, 1.807) is 18.2 Å². The van der Waals surface area contributed by atoms with Gasteiger partial charge >= 0.3 is 0 Å². The summed E-state index contributed by atoms with van der Waals surface area (Å²) in [7, 11) is 2.99. The van der Waals surface area contributed by atoms with Crippen LogP contribution in [0.4, 0.5) is 0 Å². The van der Waals surface area contributed by atoms with Crippen LogP contribution in [-0.2, 0) is 6.61 Å². The summed E-state index contributed by atoms with van der Waals surface area (Å²) in [5.74, 6) is -0.0423. The third-order valence-corrected chi connectivity index (χ3v) is 4.04. The summed E-state index contributed by atoms with van der Waals surface area (Å²) in [6.45, 7) is -0.476. The van der Waals surface area contributed by atoms with Gasteiger partial charge in [0.05, 0.1) is 20.1 Å². The number of hydrogen-bond acceptors (Lipinski definition) is 8. The first kappa shape index (κ1) is 17.4. The van der Waals surface area contributed by atoms with Crippen LogP contribution >= 0.6 is 0 Å². The molecule has 1 aromatic heterocycles. The summed E-state index contributed by atoms with van der Waals surface area (Å²) in [5, 5.41) is 18.9. The molecule has 0 bridgehead atoms. The van der Waals surface area contributed by atoms with Crippen LogP contribution in [0.3, 0.4) is 0 Å². The molecule has 1 aliphatic heterocycles. The molecule has 8 nitrogen and oxygen atoms in total. The van der Waals surface area contributed by atoms with E-state index in [0.717, 1.165) is 6.07 Å². The van der Waals surface area contributed by atoms with Crippen molar-refractivity contribution in [3.63, 3.8) is 0 Å². The number of allylic oxidation sites excluding steroid dienone is 1. The molecule has 2 aromatic rings. The fourth-order valence-corrected chi connectivity index (χ4v) is 2.83. The summed E-state index contributed by atoms with van der Waals surface area (Å²) < 4.78 is 21.5. The van der Waals surface area contributed by atoms with Gasteiger partial charge in [-0.2, -0.15) is 5.26 Å². The fourth-order valence-electron chi connectivity index (χ4n) is 2.83. The molecule has 134 valence electrons. The molecule has 1 aliphatic rings.